The summed E-state index contributed by atoms with van der Waals surface area (Å²) in [5.41, 5.74) is 9.13. The molecule has 22 heavy (non-hydrogen) atoms. The zero-order chi connectivity index (χ0) is 15.9. The number of nitrogens with zero attached hydrogens (tertiary/aromatic N) is 3. The highest BCUT2D eigenvalue weighted by Gasteiger charge is 2.11. The average molecular weight is 297 g/mol. The molecule has 2 aromatic rings. The normalized spacial score (nSPS) is 10.9. The summed E-state index contributed by atoms with van der Waals surface area (Å²) < 4.78 is 10.2. The summed E-state index contributed by atoms with van der Waals surface area (Å²) in [6.45, 7) is 1.88. The van der Waals surface area contributed by atoms with Gasteiger partial charge in [0.1, 0.15) is 11.4 Å². The Hall–Kier alpha value is -2.98. The van der Waals surface area contributed by atoms with Gasteiger partial charge in [0.2, 0.25) is 0 Å². The van der Waals surface area contributed by atoms with E-state index >= 15 is 0 Å². The van der Waals surface area contributed by atoms with Gasteiger partial charge in [0, 0.05) is 10.5 Å². The summed E-state index contributed by atoms with van der Waals surface area (Å²) in [4.78, 5) is 14.5. The van der Waals surface area contributed by atoms with E-state index in [2.05, 4.69) is 10.0 Å². The van der Waals surface area contributed by atoms with E-state index in [0.29, 0.717) is 11.3 Å². The Morgan fingerprint density at radius 1 is 1.32 bits per heavy atom. The van der Waals surface area contributed by atoms with Gasteiger partial charge in [-0.05, 0) is 41.4 Å². The number of ether oxygens (including phenoxy) is 2. The molecule has 2 aromatic carbocycles. The monoisotopic (exact) mass is 297 g/mol. The molecule has 0 saturated heterocycles. The lowest BCUT2D eigenvalue weighted by atomic mass is 10.0. The van der Waals surface area contributed by atoms with Crippen LogP contribution in [0, 0.1) is 0 Å². The first-order valence-electron chi connectivity index (χ1n) is 6.70. The summed E-state index contributed by atoms with van der Waals surface area (Å²) in [6, 6.07) is 11.5. The van der Waals surface area contributed by atoms with Crippen molar-refractivity contribution in [2.24, 2.45) is 5.11 Å². The number of fused-ring (bicyclic) bond motifs is 1. The number of hydrogen-bond acceptors (Lipinski definition) is 4. The molecule has 0 radical (unpaired) electrons. The molecule has 0 heterocycles. The SMILES string of the molecule is CCOC(=O)C(=Cc1cc2ccccc2cc1OC)N=[N+]=[N-]. The van der Waals surface area contributed by atoms with Gasteiger partial charge in [-0.1, -0.05) is 29.4 Å². The minimum atomic E-state index is -0.671. The quantitative estimate of drug-likeness (QED) is 0.274. The predicted octanol–water partition coefficient (Wildman–Crippen LogP) is 4.06. The van der Waals surface area contributed by atoms with Crippen molar-refractivity contribution in [3.8, 4) is 5.75 Å². The maximum absolute atomic E-state index is 11.8. The van der Waals surface area contributed by atoms with Crippen molar-refractivity contribution in [3.63, 3.8) is 0 Å². The molecule has 0 aliphatic carbocycles. The Bertz CT molecular complexity index is 777. The van der Waals surface area contributed by atoms with E-state index in [1.165, 1.54) is 6.08 Å². The van der Waals surface area contributed by atoms with E-state index in [9.17, 15) is 4.79 Å². The molecule has 6 heteroatoms. The smallest absolute Gasteiger partial charge is 0.340 e. The van der Waals surface area contributed by atoms with Gasteiger partial charge in [0.15, 0.2) is 0 Å². The minimum Gasteiger partial charge on any atom is -0.496 e. The van der Waals surface area contributed by atoms with Gasteiger partial charge < -0.3 is 9.47 Å². The molecule has 6 nitrogen and oxygen atoms in total. The lowest BCUT2D eigenvalue weighted by molar-refractivity contribution is -0.138. The van der Waals surface area contributed by atoms with Crippen molar-refractivity contribution in [2.45, 2.75) is 6.92 Å². The Morgan fingerprint density at radius 3 is 2.59 bits per heavy atom. The Balaban J connectivity index is 2.57. The van der Waals surface area contributed by atoms with Gasteiger partial charge in [-0.3, -0.25) is 0 Å². The molecule has 0 unspecified atom stereocenters. The van der Waals surface area contributed by atoms with E-state index in [-0.39, 0.29) is 12.3 Å². The number of carbonyl (C=O) groups excluding carboxylic acids is 1. The fourth-order valence-corrected chi connectivity index (χ4v) is 2.06. The van der Waals surface area contributed by atoms with Crippen LogP contribution in [0.1, 0.15) is 12.5 Å². The second-order valence-corrected chi connectivity index (χ2v) is 4.38. The zero-order valence-electron chi connectivity index (χ0n) is 12.3. The number of methoxy groups -OCH3 is 1. The lowest BCUT2D eigenvalue weighted by Gasteiger charge is -2.08. The lowest BCUT2D eigenvalue weighted by Crippen LogP contribution is -2.05. The third kappa shape index (κ3) is 3.37. The number of esters is 1. The number of carbonyl (C=O) groups is 1. The highest BCUT2D eigenvalue weighted by molar-refractivity contribution is 5.95. The molecule has 0 saturated carbocycles. The molecule has 0 spiro atoms. The van der Waals surface area contributed by atoms with Crippen LogP contribution in [0.2, 0.25) is 0 Å². The van der Waals surface area contributed by atoms with Crippen molar-refractivity contribution in [1.82, 2.24) is 0 Å². The van der Waals surface area contributed by atoms with Gasteiger partial charge >= 0.3 is 5.97 Å². The first-order valence-corrected chi connectivity index (χ1v) is 6.70. The summed E-state index contributed by atoms with van der Waals surface area (Å²) in [5, 5.41) is 5.40. The van der Waals surface area contributed by atoms with Crippen molar-refractivity contribution in [1.29, 1.82) is 0 Å². The molecule has 112 valence electrons. The van der Waals surface area contributed by atoms with Crippen LogP contribution in [-0.2, 0) is 9.53 Å². The standard InChI is InChI=1S/C16H15N3O3/c1-3-22-16(20)14(18-19-17)9-13-8-11-6-4-5-7-12(11)10-15(13)21-2/h4-10H,3H2,1-2H3. The van der Waals surface area contributed by atoms with E-state index in [1.54, 1.807) is 14.0 Å². The molecule has 0 atom stereocenters. The Kier molecular flexibility index (Phi) is 5.01. The first-order chi connectivity index (χ1) is 10.7. The fraction of sp³-hybridized carbons (Fsp3) is 0.188. The summed E-state index contributed by atoms with van der Waals surface area (Å²) in [6.07, 6.45) is 1.46. The predicted molar refractivity (Wildman–Crippen MR) is 84.3 cm³/mol. The fourth-order valence-electron chi connectivity index (χ4n) is 2.06. The van der Waals surface area contributed by atoms with Gasteiger partial charge in [-0.25, -0.2) is 4.79 Å². The summed E-state index contributed by atoms with van der Waals surface area (Å²) in [5.74, 6) is -0.0934. The van der Waals surface area contributed by atoms with Crippen LogP contribution >= 0.6 is 0 Å². The van der Waals surface area contributed by atoms with Crippen LogP contribution in [0.25, 0.3) is 27.3 Å². The van der Waals surface area contributed by atoms with Gasteiger partial charge in [0.05, 0.1) is 13.7 Å². The topological polar surface area (TPSA) is 84.3 Å². The largest absolute Gasteiger partial charge is 0.496 e. The average Bonchev–Trinajstić information content (AvgIpc) is 2.54. The van der Waals surface area contributed by atoms with Gasteiger partial charge in [0.25, 0.3) is 0 Å². The van der Waals surface area contributed by atoms with Crippen molar-refractivity contribution in [2.75, 3.05) is 13.7 Å². The number of hydrogen-bond donors (Lipinski definition) is 0. The van der Waals surface area contributed by atoms with E-state index < -0.39 is 5.97 Å². The highest BCUT2D eigenvalue weighted by Crippen LogP contribution is 2.28. The third-order valence-corrected chi connectivity index (χ3v) is 3.03. The molecular weight excluding hydrogens is 282 g/mol. The zero-order valence-corrected chi connectivity index (χ0v) is 12.3. The van der Waals surface area contributed by atoms with Crippen LogP contribution in [0.15, 0.2) is 47.2 Å². The Morgan fingerprint density at radius 2 is 2.00 bits per heavy atom. The number of rotatable bonds is 5. The van der Waals surface area contributed by atoms with Gasteiger partial charge in [-0.2, -0.15) is 0 Å². The molecule has 0 N–H and O–H groups in total. The summed E-state index contributed by atoms with van der Waals surface area (Å²) >= 11 is 0. The van der Waals surface area contributed by atoms with E-state index in [1.807, 2.05) is 36.4 Å². The molecule has 0 amide bonds. The molecular formula is C16H15N3O3. The molecule has 2 rings (SSSR count). The molecule has 0 aliphatic rings. The number of benzene rings is 2. The van der Waals surface area contributed by atoms with Crippen molar-refractivity contribution < 1.29 is 14.3 Å². The molecule has 0 bridgehead atoms. The van der Waals surface area contributed by atoms with E-state index in [0.717, 1.165) is 10.8 Å². The van der Waals surface area contributed by atoms with Crippen LogP contribution in [0.5, 0.6) is 5.75 Å². The molecule has 0 aromatic heterocycles. The maximum Gasteiger partial charge on any atom is 0.340 e. The van der Waals surface area contributed by atoms with Crippen molar-refractivity contribution >= 4 is 22.8 Å². The van der Waals surface area contributed by atoms with Crippen LogP contribution < -0.4 is 4.74 Å². The Labute approximate surface area is 127 Å². The maximum atomic E-state index is 11.8. The molecule has 0 fully saturated rings. The van der Waals surface area contributed by atoms with Crippen LogP contribution in [0.4, 0.5) is 0 Å². The highest BCUT2D eigenvalue weighted by atomic mass is 16.5. The minimum absolute atomic E-state index is 0.113. The summed E-state index contributed by atoms with van der Waals surface area (Å²) in [7, 11) is 1.54. The van der Waals surface area contributed by atoms with Crippen LogP contribution in [-0.4, -0.2) is 19.7 Å². The number of azide groups is 1. The van der Waals surface area contributed by atoms with E-state index in [4.69, 9.17) is 15.0 Å². The first kappa shape index (κ1) is 15.4. The molecule has 0 aliphatic heterocycles. The van der Waals surface area contributed by atoms with Crippen molar-refractivity contribution in [3.05, 3.63) is 58.1 Å². The van der Waals surface area contributed by atoms with Gasteiger partial charge in [-0.15, -0.1) is 0 Å². The van der Waals surface area contributed by atoms with Crippen LogP contribution in [0.3, 0.4) is 0 Å². The second kappa shape index (κ2) is 7.15. The second-order valence-electron chi connectivity index (χ2n) is 4.38. The third-order valence-electron chi connectivity index (χ3n) is 3.03.